The van der Waals surface area contributed by atoms with Crippen LogP contribution in [-0.4, -0.2) is 83.8 Å². The van der Waals surface area contributed by atoms with Crippen LogP contribution in [0.1, 0.15) is 83.5 Å². The van der Waals surface area contributed by atoms with Crippen molar-refractivity contribution in [3.63, 3.8) is 0 Å². The number of nitrogens with one attached hydrogen (secondary N) is 4. The van der Waals surface area contributed by atoms with Gasteiger partial charge in [-0.3, -0.25) is 14.4 Å². The zero-order valence-electron chi connectivity index (χ0n) is 22.4. The summed E-state index contributed by atoms with van der Waals surface area (Å²) in [5.41, 5.74) is 0. The van der Waals surface area contributed by atoms with E-state index in [4.69, 9.17) is 0 Å². The highest BCUT2D eigenvalue weighted by Gasteiger charge is 2.39. The molecule has 1 aliphatic heterocycles. The van der Waals surface area contributed by atoms with Crippen LogP contribution < -0.4 is 21.3 Å². The lowest BCUT2D eigenvalue weighted by molar-refractivity contribution is -0.141. The molecule has 6 unspecified atom stereocenters. The number of carbonyl (C=O) groups is 4. The zero-order chi connectivity index (χ0) is 27.2. The summed E-state index contributed by atoms with van der Waals surface area (Å²) in [6, 6.07) is -1.39. The first-order valence-corrected chi connectivity index (χ1v) is 14.4. The summed E-state index contributed by atoms with van der Waals surface area (Å²) in [6.45, 7) is 0.595. The van der Waals surface area contributed by atoms with Crippen LogP contribution in [0.15, 0.2) is 0 Å². The Bertz CT molecular complexity index is 867. The molecule has 3 saturated carbocycles. The third-order valence-electron chi connectivity index (χ3n) is 8.99. The topological polar surface area (TPSA) is 140 Å². The predicted octanol–water partition coefficient (Wildman–Crippen LogP) is 2.07. The predicted molar refractivity (Wildman–Crippen MR) is 139 cm³/mol. The van der Waals surface area contributed by atoms with Gasteiger partial charge in [0.1, 0.15) is 6.17 Å². The number of carboxylic acid groups (broad SMARTS) is 1. The molecule has 3 aliphatic carbocycles. The Hall–Kier alpha value is -2.43. The van der Waals surface area contributed by atoms with Gasteiger partial charge in [0.2, 0.25) is 11.8 Å². The molecule has 11 heteroatoms. The molecule has 214 valence electrons. The van der Waals surface area contributed by atoms with Crippen molar-refractivity contribution in [3.05, 3.63) is 0 Å². The van der Waals surface area contributed by atoms with Gasteiger partial charge in [0.05, 0.1) is 18.5 Å². The van der Waals surface area contributed by atoms with Gasteiger partial charge in [-0.1, -0.05) is 12.8 Å². The maximum absolute atomic E-state index is 14.0. The summed E-state index contributed by atoms with van der Waals surface area (Å²) in [6.07, 6.45) is 7.96. The highest BCUT2D eigenvalue weighted by molar-refractivity contribution is 5.86. The van der Waals surface area contributed by atoms with Crippen LogP contribution in [0.2, 0.25) is 0 Å². The molecule has 0 aromatic rings. The number of fused-ring (bicyclic) bond motifs is 1. The molecule has 0 spiro atoms. The van der Waals surface area contributed by atoms with Crippen LogP contribution in [0.5, 0.6) is 0 Å². The number of aliphatic carboxylic acids is 1. The van der Waals surface area contributed by atoms with Crippen molar-refractivity contribution in [1.29, 1.82) is 0 Å². The summed E-state index contributed by atoms with van der Waals surface area (Å²) in [5.74, 6) is -0.664. The Morgan fingerprint density at radius 1 is 0.947 bits per heavy atom. The lowest BCUT2D eigenvalue weighted by Gasteiger charge is -2.37. The first-order chi connectivity index (χ1) is 18.2. The van der Waals surface area contributed by atoms with Gasteiger partial charge < -0.3 is 31.3 Å². The minimum Gasteiger partial charge on any atom is -0.481 e. The van der Waals surface area contributed by atoms with Crippen molar-refractivity contribution in [2.24, 2.45) is 11.8 Å². The van der Waals surface area contributed by atoms with E-state index in [9.17, 15) is 28.7 Å². The zero-order valence-corrected chi connectivity index (χ0v) is 22.4. The molecular weight excluding hydrogens is 493 g/mol. The van der Waals surface area contributed by atoms with Crippen LogP contribution in [0.25, 0.3) is 0 Å². The maximum atomic E-state index is 14.0. The fourth-order valence-corrected chi connectivity index (χ4v) is 6.85. The van der Waals surface area contributed by atoms with Gasteiger partial charge in [-0.2, -0.15) is 0 Å². The van der Waals surface area contributed by atoms with Crippen LogP contribution in [0, 0.1) is 11.8 Å². The van der Waals surface area contributed by atoms with Gasteiger partial charge in [-0.15, -0.1) is 0 Å². The monoisotopic (exact) mass is 537 g/mol. The van der Waals surface area contributed by atoms with Gasteiger partial charge in [0.25, 0.3) is 0 Å². The van der Waals surface area contributed by atoms with Crippen LogP contribution >= 0.6 is 0 Å². The fraction of sp³-hybridized carbons (Fsp3) is 0.852. The molecule has 0 aromatic carbocycles. The van der Waals surface area contributed by atoms with E-state index in [1.54, 1.807) is 11.9 Å². The first kappa shape index (κ1) is 28.6. The molecule has 4 fully saturated rings. The van der Waals surface area contributed by atoms with E-state index in [-0.39, 0.29) is 54.2 Å². The Kier molecular flexibility index (Phi) is 9.84. The maximum Gasteiger partial charge on any atom is 0.315 e. The second-order valence-electron chi connectivity index (χ2n) is 11.9. The molecule has 6 atom stereocenters. The normalized spacial score (nSPS) is 35.9. The standard InChI is InChI=1S/C27H44FN5O5/c1-33-15-17-8-11-19(13-22(17)31-23(26(33)37)14-25(35)36)29-24(34)12-16-6-9-18(10-7-16)30-27(38)32-21-5-3-2-4-20(21)28/h16-23,31H,2-15H2,1H3,(H,29,34)(H,35,36)(H2,30,32,38). The lowest BCUT2D eigenvalue weighted by atomic mass is 9.81. The number of hydrogen-bond donors (Lipinski definition) is 5. The summed E-state index contributed by atoms with van der Waals surface area (Å²) in [5, 5.41) is 21.5. The quantitative estimate of drug-likeness (QED) is 0.337. The van der Waals surface area contributed by atoms with Gasteiger partial charge in [0.15, 0.2) is 0 Å². The smallest absolute Gasteiger partial charge is 0.315 e. The average Bonchev–Trinajstić information content (AvgIpc) is 2.97. The molecular formula is C27H44FN5O5. The molecule has 4 aliphatic rings. The number of hydrogen-bond acceptors (Lipinski definition) is 5. The van der Waals surface area contributed by atoms with Gasteiger partial charge in [-0.05, 0) is 69.6 Å². The number of carboxylic acids is 1. The number of likely N-dealkylation sites (N-methyl/N-ethyl adjacent to an activating group) is 1. The largest absolute Gasteiger partial charge is 0.481 e. The molecule has 10 nitrogen and oxygen atoms in total. The molecule has 0 radical (unpaired) electrons. The van der Waals surface area contributed by atoms with Crippen molar-refractivity contribution in [2.75, 3.05) is 13.6 Å². The van der Waals surface area contributed by atoms with Crippen molar-refractivity contribution in [1.82, 2.24) is 26.2 Å². The Morgan fingerprint density at radius 2 is 1.66 bits per heavy atom. The lowest BCUT2D eigenvalue weighted by Crippen LogP contribution is -2.52. The molecule has 5 N–H and O–H groups in total. The highest BCUT2D eigenvalue weighted by Crippen LogP contribution is 2.30. The van der Waals surface area contributed by atoms with Crippen molar-refractivity contribution in [3.8, 4) is 0 Å². The molecule has 0 aromatic heterocycles. The third-order valence-corrected chi connectivity index (χ3v) is 8.99. The van der Waals surface area contributed by atoms with E-state index in [0.29, 0.717) is 32.2 Å². The average molecular weight is 538 g/mol. The van der Waals surface area contributed by atoms with E-state index >= 15 is 0 Å². The number of amides is 4. The number of halogens is 1. The number of carbonyl (C=O) groups excluding carboxylic acids is 3. The second kappa shape index (κ2) is 13.1. The summed E-state index contributed by atoms with van der Waals surface area (Å²) < 4.78 is 14.0. The molecule has 0 bridgehead atoms. The molecule has 1 saturated heterocycles. The fourth-order valence-electron chi connectivity index (χ4n) is 6.85. The highest BCUT2D eigenvalue weighted by atomic mass is 19.1. The second-order valence-corrected chi connectivity index (χ2v) is 11.9. The van der Waals surface area contributed by atoms with Gasteiger partial charge >= 0.3 is 12.0 Å². The van der Waals surface area contributed by atoms with Gasteiger partial charge in [0, 0.05) is 38.1 Å². The van der Waals surface area contributed by atoms with E-state index in [2.05, 4.69) is 21.3 Å². The Labute approximate surface area is 224 Å². The van der Waals surface area contributed by atoms with E-state index < -0.39 is 24.2 Å². The molecule has 4 rings (SSSR count). The molecule has 38 heavy (non-hydrogen) atoms. The van der Waals surface area contributed by atoms with Crippen molar-refractivity contribution < 1.29 is 28.7 Å². The van der Waals surface area contributed by atoms with E-state index in [0.717, 1.165) is 51.4 Å². The van der Waals surface area contributed by atoms with Crippen LogP contribution in [0.3, 0.4) is 0 Å². The third kappa shape index (κ3) is 7.80. The van der Waals surface area contributed by atoms with E-state index in [1.807, 2.05) is 0 Å². The van der Waals surface area contributed by atoms with E-state index in [1.165, 1.54) is 0 Å². The minimum atomic E-state index is -1.01. The minimum absolute atomic E-state index is 0.000977. The van der Waals surface area contributed by atoms with Crippen molar-refractivity contribution in [2.45, 2.75) is 120 Å². The number of alkyl halides is 1. The van der Waals surface area contributed by atoms with Gasteiger partial charge in [-0.25, -0.2) is 9.18 Å². The number of rotatable bonds is 7. The first-order valence-electron chi connectivity index (χ1n) is 14.4. The summed E-state index contributed by atoms with van der Waals surface area (Å²) in [7, 11) is 1.72. The summed E-state index contributed by atoms with van der Waals surface area (Å²) in [4.78, 5) is 50.6. The van der Waals surface area contributed by atoms with Crippen molar-refractivity contribution >= 4 is 23.8 Å². The number of urea groups is 1. The Morgan fingerprint density at radius 3 is 2.37 bits per heavy atom. The SMILES string of the molecule is CN1CC2CCC(NC(=O)CC3CCC(NC(=O)NC4CCCCC4F)CC3)CC2NC(CC(=O)O)C1=O. The Balaban J connectivity index is 1.17. The molecule has 4 amide bonds. The van der Waals surface area contributed by atoms with Crippen LogP contribution in [-0.2, 0) is 14.4 Å². The van der Waals surface area contributed by atoms with Crippen LogP contribution in [0.4, 0.5) is 9.18 Å². The molecule has 1 heterocycles. The number of nitrogens with zero attached hydrogens (tertiary/aromatic N) is 1. The summed E-state index contributed by atoms with van der Waals surface area (Å²) >= 11 is 0.